The van der Waals surface area contributed by atoms with E-state index in [1.165, 1.54) is 20.4 Å². The quantitative estimate of drug-likeness (QED) is 0.133. The lowest BCUT2D eigenvalue weighted by molar-refractivity contribution is -0.137. The number of hydrogen-bond donors (Lipinski definition) is 3. The van der Waals surface area contributed by atoms with Crippen LogP contribution < -0.4 is 10.6 Å². The van der Waals surface area contributed by atoms with Crippen molar-refractivity contribution in [2.75, 3.05) is 20.8 Å². The number of hydrogen-bond acceptors (Lipinski definition) is 8. The van der Waals surface area contributed by atoms with Gasteiger partial charge in [-0.15, -0.1) is 0 Å². The highest BCUT2D eigenvalue weighted by atomic mass is 19.1. The van der Waals surface area contributed by atoms with Crippen molar-refractivity contribution in [2.45, 2.75) is 70.2 Å². The zero-order chi connectivity index (χ0) is 39.6. The monoisotopic (exact) mass is 773 g/mol. The van der Waals surface area contributed by atoms with Gasteiger partial charge in [-0.05, 0) is 84.8 Å². The first-order valence-corrected chi connectivity index (χ1v) is 19.8. The van der Waals surface area contributed by atoms with Gasteiger partial charge in [0.05, 0.1) is 31.1 Å². The molecule has 8 rings (SSSR count). The van der Waals surface area contributed by atoms with Crippen molar-refractivity contribution in [1.82, 2.24) is 30.5 Å². The van der Waals surface area contributed by atoms with Crippen LogP contribution in [0.25, 0.3) is 28.0 Å². The second kappa shape index (κ2) is 16.4. The number of fused-ring (bicyclic) bond motifs is 2. The lowest BCUT2D eigenvalue weighted by atomic mass is 9.75. The second-order valence-electron chi connectivity index (χ2n) is 15.6. The molecule has 296 valence electrons. The number of carbonyl (C=O) groups excluding carboxylic acids is 3. The minimum atomic E-state index is -0.891. The number of aromatic nitrogens is 3. The van der Waals surface area contributed by atoms with Crippen LogP contribution in [0.5, 0.6) is 0 Å². The van der Waals surface area contributed by atoms with Crippen LogP contribution in [-0.4, -0.2) is 76.4 Å². The van der Waals surface area contributed by atoms with Crippen molar-refractivity contribution in [2.24, 2.45) is 28.7 Å². The van der Waals surface area contributed by atoms with Crippen molar-refractivity contribution in [3.8, 4) is 22.4 Å². The molecule has 13 heteroatoms. The molecule has 0 radical (unpaired) electrons. The van der Waals surface area contributed by atoms with Gasteiger partial charge in [-0.25, -0.2) is 14.8 Å². The molecular formula is C44H48FN7O5. The normalized spacial score (nSPS) is 23.5. The van der Waals surface area contributed by atoms with Gasteiger partial charge in [0, 0.05) is 62.1 Å². The molecule has 57 heavy (non-hydrogen) atoms. The molecule has 2 aliphatic carbocycles. The first kappa shape index (κ1) is 38.2. The third-order valence-electron chi connectivity index (χ3n) is 12.4. The largest absolute Gasteiger partial charge is 0.453 e. The topological polar surface area (TPSA) is 151 Å². The molecule has 2 aromatic heterocycles. The number of alkyl carbamates (subject to hydrolysis) is 1. The maximum atomic E-state index is 14.1. The smallest absolute Gasteiger partial charge is 0.407 e. The highest BCUT2D eigenvalue weighted by Gasteiger charge is 2.52. The molecule has 0 spiro atoms. The number of ether oxygens (including phenoxy) is 2. The third kappa shape index (κ3) is 7.72. The molecule has 3 unspecified atom stereocenters. The van der Waals surface area contributed by atoms with E-state index in [4.69, 9.17) is 14.5 Å². The van der Waals surface area contributed by atoms with Gasteiger partial charge in [-0.3, -0.25) is 14.6 Å². The predicted octanol–water partition coefficient (Wildman–Crippen LogP) is 6.87. The van der Waals surface area contributed by atoms with Gasteiger partial charge in [0.1, 0.15) is 11.9 Å². The zero-order valence-electron chi connectivity index (χ0n) is 32.4. The van der Waals surface area contributed by atoms with Gasteiger partial charge in [-0.2, -0.15) is 4.39 Å². The second-order valence-corrected chi connectivity index (χ2v) is 15.6. The van der Waals surface area contributed by atoms with Crippen LogP contribution in [0.15, 0.2) is 84.2 Å². The maximum absolute atomic E-state index is 14.1. The van der Waals surface area contributed by atoms with E-state index >= 15 is 0 Å². The average Bonchev–Trinajstić information content (AvgIpc) is 4.10. The SMILES string of the molecule is COC(=O)N[C@H](C(=O)N1CCC[C@H]1c1ncc(-c2ccc(-c3ccc(C4=CN=C(C5C6CCC(C6)[C@@H]5C(=O)NCc5cccnc5F)C4)cc3)cc2)[nH]1)[C@@H](C)OC. The molecule has 2 aromatic carbocycles. The number of benzene rings is 2. The molecule has 3 fully saturated rings. The minimum absolute atomic E-state index is 0.0140. The van der Waals surface area contributed by atoms with Crippen LogP contribution in [0.2, 0.25) is 0 Å². The number of amides is 3. The van der Waals surface area contributed by atoms with Crippen LogP contribution in [-0.2, 0) is 25.6 Å². The van der Waals surface area contributed by atoms with E-state index in [0.717, 1.165) is 77.8 Å². The Morgan fingerprint density at radius 1 is 0.947 bits per heavy atom. The summed E-state index contributed by atoms with van der Waals surface area (Å²) in [5.74, 6) is 0.638. The summed E-state index contributed by atoms with van der Waals surface area (Å²) in [5.41, 5.74) is 7.72. The van der Waals surface area contributed by atoms with Crippen LogP contribution >= 0.6 is 0 Å². The number of rotatable bonds is 12. The number of halogens is 1. The summed E-state index contributed by atoms with van der Waals surface area (Å²) >= 11 is 0. The van der Waals surface area contributed by atoms with E-state index in [0.29, 0.717) is 29.8 Å². The number of allylic oxidation sites excluding steroid dienone is 1. The summed E-state index contributed by atoms with van der Waals surface area (Å²) in [6.45, 7) is 2.42. The molecule has 4 heterocycles. The van der Waals surface area contributed by atoms with E-state index in [1.807, 2.05) is 6.20 Å². The van der Waals surface area contributed by atoms with Crippen LogP contribution in [0.3, 0.4) is 0 Å². The molecule has 3 N–H and O–H groups in total. The lowest BCUT2D eigenvalue weighted by Crippen LogP contribution is -2.54. The number of methoxy groups -OCH3 is 2. The summed E-state index contributed by atoms with van der Waals surface area (Å²) in [5, 5.41) is 5.63. The Kier molecular flexibility index (Phi) is 11.0. The summed E-state index contributed by atoms with van der Waals surface area (Å²) in [6, 6.07) is 19.0. The molecule has 2 bridgehead atoms. The molecule has 2 aliphatic heterocycles. The lowest BCUT2D eigenvalue weighted by Gasteiger charge is -2.30. The first-order valence-electron chi connectivity index (χ1n) is 19.8. The molecule has 2 saturated carbocycles. The Morgan fingerprint density at radius 2 is 1.67 bits per heavy atom. The fourth-order valence-electron chi connectivity index (χ4n) is 9.39. The van der Waals surface area contributed by atoms with Crippen molar-refractivity contribution < 1.29 is 28.2 Å². The molecule has 4 aromatic rings. The minimum Gasteiger partial charge on any atom is -0.453 e. The fourth-order valence-corrected chi connectivity index (χ4v) is 9.39. The maximum Gasteiger partial charge on any atom is 0.407 e. The molecule has 12 nitrogen and oxygen atoms in total. The molecule has 7 atom stereocenters. The molecule has 4 aliphatic rings. The highest BCUT2D eigenvalue weighted by molar-refractivity contribution is 6.02. The van der Waals surface area contributed by atoms with Crippen molar-refractivity contribution in [3.05, 3.63) is 102 Å². The number of nitrogens with one attached hydrogen (secondary N) is 3. The van der Waals surface area contributed by atoms with Gasteiger partial charge in [0.2, 0.25) is 17.8 Å². The van der Waals surface area contributed by atoms with Crippen LogP contribution in [0.4, 0.5) is 9.18 Å². The number of nitrogens with zero attached hydrogens (tertiary/aromatic N) is 4. The van der Waals surface area contributed by atoms with Crippen molar-refractivity contribution >= 4 is 29.2 Å². The van der Waals surface area contributed by atoms with Gasteiger partial charge >= 0.3 is 6.09 Å². The highest BCUT2D eigenvalue weighted by Crippen LogP contribution is 2.54. The average molecular weight is 774 g/mol. The Hall–Kier alpha value is -5.69. The number of carbonyl (C=O) groups is 3. The number of imidazole rings is 1. The summed E-state index contributed by atoms with van der Waals surface area (Å²) in [7, 11) is 2.76. The van der Waals surface area contributed by atoms with E-state index in [-0.39, 0.29) is 36.2 Å². The standard InChI is InChI=1S/C44H48FN7O5/c1-25(56-2)39(51-44(55)57-3)43(54)52-19-5-7-36(52)41-48-24-35(50-41)29-14-12-27(13-15-29)26-8-10-28(11-9-26)33-21-34(47-23-33)37-30-16-17-31(20-30)38(37)42(53)49-22-32-6-4-18-46-40(32)45/h4,6,8-15,18,23-25,30-31,36-39H,5,7,16-17,19-22H2,1-3H3,(H,48,50)(H,49,53)(H,51,55)/t25-,30?,31?,36+,37?,38+,39+/m1/s1. The Labute approximate surface area is 331 Å². The fraction of sp³-hybridized carbons (Fsp3) is 0.409. The Balaban J connectivity index is 0.889. The number of H-pyrrole nitrogens is 1. The van der Waals surface area contributed by atoms with Gasteiger partial charge < -0.3 is 30.0 Å². The van der Waals surface area contributed by atoms with E-state index in [9.17, 15) is 18.8 Å². The number of likely N-dealkylation sites (tertiary alicyclic amines) is 1. The van der Waals surface area contributed by atoms with Crippen molar-refractivity contribution in [1.29, 1.82) is 0 Å². The Morgan fingerprint density at radius 3 is 2.39 bits per heavy atom. The number of aromatic amines is 1. The van der Waals surface area contributed by atoms with Crippen LogP contribution in [0, 0.1) is 29.6 Å². The van der Waals surface area contributed by atoms with E-state index in [1.54, 1.807) is 30.2 Å². The predicted molar refractivity (Wildman–Crippen MR) is 213 cm³/mol. The summed E-state index contributed by atoms with van der Waals surface area (Å²) < 4.78 is 24.3. The van der Waals surface area contributed by atoms with Gasteiger partial charge in [-0.1, -0.05) is 54.6 Å². The van der Waals surface area contributed by atoms with Gasteiger partial charge in [0.15, 0.2) is 0 Å². The summed E-state index contributed by atoms with van der Waals surface area (Å²) in [6.07, 6.45) is 9.42. The number of aliphatic imine (C=N–C) groups is 1. The van der Waals surface area contributed by atoms with Crippen molar-refractivity contribution in [3.63, 3.8) is 0 Å². The Bertz CT molecular complexity index is 2180. The van der Waals surface area contributed by atoms with Gasteiger partial charge in [0.25, 0.3) is 0 Å². The first-order chi connectivity index (χ1) is 27.7. The molecule has 3 amide bonds. The van der Waals surface area contributed by atoms with Crippen LogP contribution in [0.1, 0.15) is 68.4 Å². The third-order valence-corrected chi connectivity index (χ3v) is 12.4. The summed E-state index contributed by atoms with van der Waals surface area (Å²) in [4.78, 5) is 57.6. The number of pyridine rings is 1. The van der Waals surface area contributed by atoms with E-state index < -0.39 is 24.2 Å². The van der Waals surface area contributed by atoms with E-state index in [2.05, 4.69) is 74.1 Å². The molecular weight excluding hydrogens is 726 g/mol. The zero-order valence-corrected chi connectivity index (χ0v) is 32.4. The molecule has 1 saturated heterocycles.